The van der Waals surface area contributed by atoms with E-state index in [9.17, 15) is 4.79 Å². The van der Waals surface area contributed by atoms with Gasteiger partial charge in [-0.15, -0.1) is 0 Å². The molecule has 1 amide bonds. The molecule has 88 valence electrons. The van der Waals surface area contributed by atoms with Crippen LogP contribution in [0.5, 0.6) is 0 Å². The fourth-order valence-corrected chi connectivity index (χ4v) is 2.08. The standard InChI is InChI=1S/C10H22N4O/c1-2-9(7-11)14-5-3-13(4-6-14)8-10(12)15/h9H,2-8,11H2,1H3,(H2,12,15). The van der Waals surface area contributed by atoms with Gasteiger partial charge in [-0.2, -0.15) is 0 Å². The fourth-order valence-electron chi connectivity index (χ4n) is 2.08. The van der Waals surface area contributed by atoms with Crippen LogP contribution in [0, 0.1) is 0 Å². The third-order valence-electron chi connectivity index (χ3n) is 3.05. The van der Waals surface area contributed by atoms with Crippen molar-refractivity contribution in [3.63, 3.8) is 0 Å². The highest BCUT2D eigenvalue weighted by atomic mass is 16.1. The van der Waals surface area contributed by atoms with Crippen LogP contribution in [-0.2, 0) is 4.79 Å². The number of primary amides is 1. The Labute approximate surface area is 91.4 Å². The molecular weight excluding hydrogens is 192 g/mol. The van der Waals surface area contributed by atoms with Crippen molar-refractivity contribution in [3.05, 3.63) is 0 Å². The Morgan fingerprint density at radius 1 is 1.33 bits per heavy atom. The van der Waals surface area contributed by atoms with Gasteiger partial charge in [-0.05, 0) is 6.42 Å². The van der Waals surface area contributed by atoms with Crippen LogP contribution in [-0.4, -0.2) is 61.0 Å². The van der Waals surface area contributed by atoms with Crippen LogP contribution in [0.4, 0.5) is 0 Å². The Hall–Kier alpha value is -0.650. The number of amides is 1. The molecule has 1 atom stereocenters. The predicted molar refractivity (Wildman–Crippen MR) is 60.3 cm³/mol. The van der Waals surface area contributed by atoms with Gasteiger partial charge >= 0.3 is 0 Å². The van der Waals surface area contributed by atoms with Crippen molar-refractivity contribution < 1.29 is 4.79 Å². The second-order valence-corrected chi connectivity index (χ2v) is 4.08. The van der Waals surface area contributed by atoms with Gasteiger partial charge in [0, 0.05) is 38.8 Å². The summed E-state index contributed by atoms with van der Waals surface area (Å²) in [6.07, 6.45) is 1.09. The van der Waals surface area contributed by atoms with Crippen LogP contribution < -0.4 is 11.5 Å². The quantitative estimate of drug-likeness (QED) is 0.604. The molecule has 5 nitrogen and oxygen atoms in total. The summed E-state index contributed by atoms with van der Waals surface area (Å²) < 4.78 is 0. The van der Waals surface area contributed by atoms with Gasteiger partial charge in [-0.1, -0.05) is 6.92 Å². The Balaban J connectivity index is 2.31. The van der Waals surface area contributed by atoms with Gasteiger partial charge in [0.2, 0.25) is 5.91 Å². The van der Waals surface area contributed by atoms with Crippen LogP contribution in [0.25, 0.3) is 0 Å². The third-order valence-corrected chi connectivity index (χ3v) is 3.05. The fraction of sp³-hybridized carbons (Fsp3) is 0.900. The van der Waals surface area contributed by atoms with Crippen LogP contribution in [0.3, 0.4) is 0 Å². The molecule has 4 N–H and O–H groups in total. The largest absolute Gasteiger partial charge is 0.369 e. The molecule has 1 aliphatic rings. The van der Waals surface area contributed by atoms with E-state index in [2.05, 4.69) is 16.7 Å². The molecule has 0 saturated carbocycles. The van der Waals surface area contributed by atoms with Gasteiger partial charge in [-0.25, -0.2) is 0 Å². The predicted octanol–water partition coefficient (Wildman–Crippen LogP) is -1.17. The van der Waals surface area contributed by atoms with Gasteiger partial charge in [0.05, 0.1) is 6.54 Å². The Kier molecular flexibility index (Phi) is 5.01. The molecule has 0 radical (unpaired) electrons. The molecule has 1 unspecified atom stereocenters. The Bertz CT molecular complexity index is 198. The molecule has 0 aromatic carbocycles. The number of nitrogens with zero attached hydrogens (tertiary/aromatic N) is 2. The highest BCUT2D eigenvalue weighted by Crippen LogP contribution is 2.07. The molecule has 1 saturated heterocycles. The zero-order chi connectivity index (χ0) is 11.3. The number of piperazine rings is 1. The molecule has 15 heavy (non-hydrogen) atoms. The van der Waals surface area contributed by atoms with E-state index in [1.807, 2.05) is 0 Å². The maximum absolute atomic E-state index is 10.7. The second kappa shape index (κ2) is 6.05. The van der Waals surface area contributed by atoms with E-state index < -0.39 is 0 Å². The van der Waals surface area contributed by atoms with Crippen LogP contribution in [0.2, 0.25) is 0 Å². The maximum atomic E-state index is 10.7. The summed E-state index contributed by atoms with van der Waals surface area (Å²) in [5.41, 5.74) is 10.9. The van der Waals surface area contributed by atoms with Crippen LogP contribution in [0.1, 0.15) is 13.3 Å². The van der Waals surface area contributed by atoms with Gasteiger partial charge in [0.1, 0.15) is 0 Å². The average molecular weight is 214 g/mol. The van der Waals surface area contributed by atoms with Crippen molar-refractivity contribution in [1.29, 1.82) is 0 Å². The lowest BCUT2D eigenvalue weighted by atomic mass is 10.1. The second-order valence-electron chi connectivity index (χ2n) is 4.08. The minimum absolute atomic E-state index is 0.241. The zero-order valence-electron chi connectivity index (χ0n) is 9.48. The summed E-state index contributed by atoms with van der Waals surface area (Å²) in [4.78, 5) is 15.2. The highest BCUT2D eigenvalue weighted by molar-refractivity contribution is 5.75. The van der Waals surface area contributed by atoms with Gasteiger partial charge in [-0.3, -0.25) is 14.6 Å². The molecular formula is C10H22N4O. The summed E-state index contributed by atoms with van der Waals surface area (Å²) >= 11 is 0. The van der Waals surface area contributed by atoms with Crippen molar-refractivity contribution in [2.24, 2.45) is 11.5 Å². The minimum atomic E-state index is -0.241. The van der Waals surface area contributed by atoms with Crippen molar-refractivity contribution in [2.75, 3.05) is 39.3 Å². The van der Waals surface area contributed by atoms with Crippen molar-refractivity contribution in [3.8, 4) is 0 Å². The smallest absolute Gasteiger partial charge is 0.231 e. The molecule has 0 bridgehead atoms. The van der Waals surface area contributed by atoms with Crippen molar-refractivity contribution in [2.45, 2.75) is 19.4 Å². The molecule has 0 aliphatic carbocycles. The van der Waals surface area contributed by atoms with Gasteiger partial charge in [0.15, 0.2) is 0 Å². The number of carbonyl (C=O) groups excluding carboxylic acids is 1. The first-order valence-corrected chi connectivity index (χ1v) is 5.62. The maximum Gasteiger partial charge on any atom is 0.231 e. The average Bonchev–Trinajstić information content (AvgIpc) is 2.21. The number of carbonyl (C=O) groups is 1. The lowest BCUT2D eigenvalue weighted by Crippen LogP contribution is -2.53. The van der Waals surface area contributed by atoms with E-state index in [-0.39, 0.29) is 5.91 Å². The number of rotatable bonds is 5. The third kappa shape index (κ3) is 3.77. The molecule has 1 aliphatic heterocycles. The Morgan fingerprint density at radius 3 is 2.33 bits per heavy atom. The lowest BCUT2D eigenvalue weighted by Gasteiger charge is -2.38. The summed E-state index contributed by atoms with van der Waals surface area (Å²) in [5, 5.41) is 0. The monoisotopic (exact) mass is 214 g/mol. The first kappa shape index (κ1) is 12.4. The summed E-state index contributed by atoms with van der Waals surface area (Å²) in [5.74, 6) is -0.241. The normalized spacial score (nSPS) is 21.5. The van der Waals surface area contributed by atoms with E-state index >= 15 is 0 Å². The SMILES string of the molecule is CCC(CN)N1CCN(CC(N)=O)CC1. The molecule has 0 aromatic heterocycles. The van der Waals surface area contributed by atoms with Gasteiger partial charge in [0.25, 0.3) is 0 Å². The molecule has 1 fully saturated rings. The van der Waals surface area contributed by atoms with Crippen LogP contribution >= 0.6 is 0 Å². The molecule has 1 heterocycles. The van der Waals surface area contributed by atoms with Gasteiger partial charge < -0.3 is 11.5 Å². The van der Waals surface area contributed by atoms with E-state index in [1.54, 1.807) is 0 Å². The van der Waals surface area contributed by atoms with E-state index in [1.165, 1.54) is 0 Å². The van der Waals surface area contributed by atoms with Crippen molar-refractivity contribution in [1.82, 2.24) is 9.80 Å². The molecule has 1 rings (SSSR count). The number of nitrogens with two attached hydrogens (primary N) is 2. The molecule has 0 aromatic rings. The van der Waals surface area contributed by atoms with Crippen molar-refractivity contribution >= 4 is 5.91 Å². The summed E-state index contributed by atoms with van der Waals surface area (Å²) in [6.45, 7) is 7.07. The summed E-state index contributed by atoms with van der Waals surface area (Å²) in [7, 11) is 0. The van der Waals surface area contributed by atoms with E-state index in [0.29, 0.717) is 19.1 Å². The minimum Gasteiger partial charge on any atom is -0.369 e. The molecule has 0 spiro atoms. The summed E-state index contributed by atoms with van der Waals surface area (Å²) in [6, 6.07) is 0.487. The number of hydrogen-bond acceptors (Lipinski definition) is 4. The first-order chi connectivity index (χ1) is 7.17. The topological polar surface area (TPSA) is 75.6 Å². The van der Waals surface area contributed by atoms with E-state index in [4.69, 9.17) is 11.5 Å². The number of hydrogen-bond donors (Lipinski definition) is 2. The highest BCUT2D eigenvalue weighted by Gasteiger charge is 2.22. The van der Waals surface area contributed by atoms with Crippen LogP contribution in [0.15, 0.2) is 0 Å². The zero-order valence-corrected chi connectivity index (χ0v) is 9.48. The lowest BCUT2D eigenvalue weighted by molar-refractivity contribution is -0.119. The van der Waals surface area contributed by atoms with E-state index in [0.717, 1.165) is 32.6 Å². The first-order valence-electron chi connectivity index (χ1n) is 5.62. The molecule has 5 heteroatoms. The Morgan fingerprint density at radius 2 is 1.93 bits per heavy atom.